The van der Waals surface area contributed by atoms with Gasteiger partial charge in [0.05, 0.1) is 6.61 Å². The summed E-state index contributed by atoms with van der Waals surface area (Å²) in [4.78, 5) is 105. The third-order valence-corrected chi connectivity index (χ3v) is 11.0. The van der Waals surface area contributed by atoms with Gasteiger partial charge in [0, 0.05) is 65.4 Å². The molecule has 2 aliphatic rings. The van der Waals surface area contributed by atoms with Crippen molar-refractivity contribution in [3.8, 4) is 0 Å². The minimum atomic E-state index is -0.841. The summed E-state index contributed by atoms with van der Waals surface area (Å²) in [6, 6.07) is 31.3. The minimum absolute atomic E-state index is 0.0940. The molecule has 2 amide bonds. The quantitative estimate of drug-likeness (QED) is 0.223. The lowest BCUT2D eigenvalue weighted by Gasteiger charge is -2.18. The van der Waals surface area contributed by atoms with E-state index in [1.165, 1.54) is 41.2 Å². The number of anilines is 2. The molecule has 4 heterocycles. The summed E-state index contributed by atoms with van der Waals surface area (Å²) < 4.78 is 3.46. The SMILES string of the molecule is O=C1C(n2ccc(=O)n(C(=O)c3ccccc3)c2=O)CCN1c1ccc(CBr)cc1.O=C1C(n2ccc(=O)n(C(=O)c3ccccc3)c2=O)CCN1c1ccc(CO)cc1. The predicted octanol–water partition coefficient (Wildman–Crippen LogP) is 3.74. The highest BCUT2D eigenvalue weighted by atomic mass is 79.9. The average Bonchev–Trinajstić information content (AvgIpc) is 3.86. The fourth-order valence-electron chi connectivity index (χ4n) is 7.16. The van der Waals surface area contributed by atoms with E-state index in [0.29, 0.717) is 40.8 Å². The number of aliphatic hydroxyl groups excluding tert-OH is 1. The van der Waals surface area contributed by atoms with Crippen LogP contribution in [0.15, 0.2) is 153 Å². The molecule has 0 bridgehead atoms. The molecule has 0 aliphatic carbocycles. The lowest BCUT2D eigenvalue weighted by molar-refractivity contribution is -0.120. The van der Waals surface area contributed by atoms with Crippen molar-refractivity contribution in [2.24, 2.45) is 0 Å². The lowest BCUT2D eigenvalue weighted by Crippen LogP contribution is -2.45. The Morgan fingerprint density at radius 1 is 0.533 bits per heavy atom. The summed E-state index contributed by atoms with van der Waals surface area (Å²) in [6.07, 6.45) is 3.31. The Morgan fingerprint density at radius 2 is 0.917 bits per heavy atom. The summed E-state index contributed by atoms with van der Waals surface area (Å²) in [7, 11) is 0. The number of hydrogen-bond acceptors (Lipinski definition) is 9. The molecule has 2 aliphatic heterocycles. The second-order valence-electron chi connectivity index (χ2n) is 13.9. The number of benzene rings is 4. The molecule has 6 aromatic rings. The molecular formula is C44H37BrN6O9. The zero-order valence-electron chi connectivity index (χ0n) is 31.9. The Balaban J connectivity index is 0.000000181. The molecule has 4 aromatic carbocycles. The van der Waals surface area contributed by atoms with E-state index in [2.05, 4.69) is 15.9 Å². The number of carbonyl (C=O) groups is 4. The Labute approximate surface area is 349 Å². The van der Waals surface area contributed by atoms with Crippen LogP contribution in [0.2, 0.25) is 0 Å². The Kier molecular flexibility index (Phi) is 12.2. The summed E-state index contributed by atoms with van der Waals surface area (Å²) in [5.74, 6) is -2.00. The largest absolute Gasteiger partial charge is 0.392 e. The van der Waals surface area contributed by atoms with Crippen molar-refractivity contribution in [3.63, 3.8) is 0 Å². The van der Waals surface area contributed by atoms with Crippen molar-refractivity contribution in [1.82, 2.24) is 18.3 Å². The molecule has 2 aromatic heterocycles. The van der Waals surface area contributed by atoms with E-state index >= 15 is 0 Å². The first-order chi connectivity index (χ1) is 29.0. The van der Waals surface area contributed by atoms with Gasteiger partial charge in [-0.25, -0.2) is 9.59 Å². The number of hydrogen-bond donors (Lipinski definition) is 1. The molecule has 2 saturated heterocycles. The van der Waals surface area contributed by atoms with Gasteiger partial charge in [-0.15, -0.1) is 0 Å². The Morgan fingerprint density at radius 3 is 1.28 bits per heavy atom. The smallest absolute Gasteiger partial charge is 0.338 e. The second kappa shape index (κ2) is 17.8. The average molecular weight is 874 g/mol. The topological polar surface area (TPSA) is 183 Å². The molecule has 0 saturated carbocycles. The number of nitrogens with zero attached hydrogens (tertiary/aromatic N) is 6. The number of amides is 2. The van der Waals surface area contributed by atoms with Gasteiger partial charge in [-0.1, -0.05) is 76.6 Å². The van der Waals surface area contributed by atoms with Gasteiger partial charge in [0.25, 0.3) is 22.9 Å². The molecule has 8 rings (SSSR count). The van der Waals surface area contributed by atoms with E-state index < -0.39 is 46.4 Å². The van der Waals surface area contributed by atoms with Crippen molar-refractivity contribution in [1.29, 1.82) is 0 Å². The van der Waals surface area contributed by atoms with Crippen LogP contribution in [0.1, 0.15) is 56.8 Å². The van der Waals surface area contributed by atoms with Gasteiger partial charge in [0.1, 0.15) is 12.1 Å². The van der Waals surface area contributed by atoms with Crippen molar-refractivity contribution >= 4 is 50.9 Å². The normalized spacial score (nSPS) is 16.1. The van der Waals surface area contributed by atoms with Gasteiger partial charge in [-0.05, 0) is 72.5 Å². The molecule has 15 nitrogen and oxygen atoms in total. The zero-order chi connectivity index (χ0) is 42.5. The molecule has 60 heavy (non-hydrogen) atoms. The van der Waals surface area contributed by atoms with Gasteiger partial charge in [-0.2, -0.15) is 9.13 Å². The van der Waals surface area contributed by atoms with Crippen LogP contribution in [0.5, 0.6) is 0 Å². The maximum absolute atomic E-state index is 13.0. The Hall–Kier alpha value is -7.04. The van der Waals surface area contributed by atoms with Crippen LogP contribution < -0.4 is 32.3 Å². The molecule has 2 unspecified atom stereocenters. The van der Waals surface area contributed by atoms with Crippen LogP contribution in [0.4, 0.5) is 11.4 Å². The number of halogens is 1. The summed E-state index contributed by atoms with van der Waals surface area (Å²) >= 11 is 3.39. The molecule has 2 fully saturated rings. The fraction of sp³-hybridized carbons (Fsp3) is 0.182. The molecule has 0 radical (unpaired) electrons. The maximum atomic E-state index is 13.0. The van der Waals surface area contributed by atoms with E-state index in [1.54, 1.807) is 70.5 Å². The van der Waals surface area contributed by atoms with Crippen LogP contribution in [0.25, 0.3) is 0 Å². The monoisotopic (exact) mass is 872 g/mol. The second-order valence-corrected chi connectivity index (χ2v) is 14.5. The first-order valence-corrected chi connectivity index (χ1v) is 20.0. The van der Waals surface area contributed by atoms with Crippen molar-refractivity contribution in [3.05, 3.63) is 198 Å². The molecular weight excluding hydrogens is 836 g/mol. The molecule has 304 valence electrons. The highest BCUT2D eigenvalue weighted by Gasteiger charge is 2.36. The molecule has 2 atom stereocenters. The van der Waals surface area contributed by atoms with Crippen LogP contribution >= 0.6 is 15.9 Å². The molecule has 0 spiro atoms. The predicted molar refractivity (Wildman–Crippen MR) is 226 cm³/mol. The molecule has 16 heteroatoms. The van der Waals surface area contributed by atoms with E-state index in [-0.39, 0.29) is 29.5 Å². The third kappa shape index (κ3) is 8.15. The third-order valence-electron chi connectivity index (χ3n) is 10.3. The van der Waals surface area contributed by atoms with Crippen molar-refractivity contribution in [2.75, 3.05) is 22.9 Å². The Bertz CT molecular complexity index is 2620. The summed E-state index contributed by atoms with van der Waals surface area (Å²) in [5, 5.41) is 9.89. The van der Waals surface area contributed by atoms with Gasteiger partial charge in [0.2, 0.25) is 11.8 Å². The molecule has 1 N–H and O–H groups in total. The first kappa shape index (κ1) is 41.1. The van der Waals surface area contributed by atoms with Crippen LogP contribution in [0.3, 0.4) is 0 Å². The van der Waals surface area contributed by atoms with Crippen LogP contribution in [-0.4, -0.2) is 60.1 Å². The number of alkyl halides is 1. The maximum Gasteiger partial charge on any atom is 0.338 e. The van der Waals surface area contributed by atoms with Gasteiger partial charge in [0.15, 0.2) is 0 Å². The number of rotatable bonds is 8. The number of carbonyl (C=O) groups excluding carboxylic acids is 4. The number of aromatic nitrogens is 4. The standard InChI is InChI=1S/C22H18BrN3O4.C22H19N3O5/c23-14-15-6-8-17(9-7-15)24-12-10-18(21(24)29)25-13-11-19(27)26(22(25)30)20(28)16-4-2-1-3-5-16;26-14-15-6-8-17(9-7-15)23-12-10-18(21(23)29)24-13-11-19(27)25(22(24)30)20(28)16-4-2-1-3-5-16/h1-9,11,13,18H,10,12,14H2;1-9,11,13,18,26H,10,12,14H2. The minimum Gasteiger partial charge on any atom is -0.392 e. The summed E-state index contributed by atoms with van der Waals surface area (Å²) in [5.41, 5.74) is 0.520. The fourth-order valence-corrected chi connectivity index (χ4v) is 7.53. The first-order valence-electron chi connectivity index (χ1n) is 18.9. The van der Waals surface area contributed by atoms with Crippen molar-refractivity contribution in [2.45, 2.75) is 36.9 Å². The van der Waals surface area contributed by atoms with E-state index in [4.69, 9.17) is 5.11 Å². The van der Waals surface area contributed by atoms with Gasteiger partial charge >= 0.3 is 11.4 Å². The van der Waals surface area contributed by atoms with E-state index in [0.717, 1.165) is 38.8 Å². The highest BCUT2D eigenvalue weighted by Crippen LogP contribution is 2.29. The van der Waals surface area contributed by atoms with Crippen molar-refractivity contribution < 1.29 is 24.3 Å². The zero-order valence-corrected chi connectivity index (χ0v) is 33.5. The van der Waals surface area contributed by atoms with Crippen LogP contribution in [-0.2, 0) is 21.5 Å². The van der Waals surface area contributed by atoms with E-state index in [1.807, 2.05) is 24.3 Å². The number of aliphatic hydroxyl groups is 1. The van der Waals surface area contributed by atoms with Gasteiger partial charge < -0.3 is 14.9 Å². The highest BCUT2D eigenvalue weighted by molar-refractivity contribution is 9.08. The van der Waals surface area contributed by atoms with Crippen LogP contribution in [0, 0.1) is 0 Å². The van der Waals surface area contributed by atoms with E-state index in [9.17, 15) is 38.4 Å². The van der Waals surface area contributed by atoms with Gasteiger partial charge in [-0.3, -0.25) is 37.9 Å². The summed E-state index contributed by atoms with van der Waals surface area (Å²) in [6.45, 7) is 0.735. The lowest BCUT2D eigenvalue weighted by atomic mass is 10.2.